The van der Waals surface area contributed by atoms with Gasteiger partial charge < -0.3 is 9.84 Å². The van der Waals surface area contributed by atoms with Gasteiger partial charge in [-0.15, -0.1) is 0 Å². The topological polar surface area (TPSA) is 29.5 Å². The molecule has 1 atom stereocenters. The second kappa shape index (κ2) is 6.06. The average Bonchev–Trinajstić information content (AvgIpc) is 2.26. The molecule has 1 aliphatic carbocycles. The summed E-state index contributed by atoms with van der Waals surface area (Å²) in [5, 5.41) is 9.22. The number of aliphatic hydroxyl groups is 1. The maximum atomic E-state index is 9.22. The third-order valence-electron chi connectivity index (χ3n) is 3.48. The van der Waals surface area contributed by atoms with Crippen molar-refractivity contribution in [2.24, 2.45) is 5.92 Å². The van der Waals surface area contributed by atoms with Crippen LogP contribution in [0.25, 0.3) is 0 Å². The molecule has 1 aromatic rings. The van der Waals surface area contributed by atoms with Gasteiger partial charge in [0.2, 0.25) is 0 Å². The van der Waals surface area contributed by atoms with Crippen LogP contribution in [0.4, 0.5) is 0 Å². The second-order valence-electron chi connectivity index (χ2n) is 5.14. The lowest BCUT2D eigenvalue weighted by atomic mass is 9.86. The van der Waals surface area contributed by atoms with Gasteiger partial charge in [-0.25, -0.2) is 0 Å². The van der Waals surface area contributed by atoms with Crippen molar-refractivity contribution in [3.8, 4) is 5.75 Å². The molecule has 1 saturated carbocycles. The normalized spacial score (nSPS) is 17.5. The van der Waals surface area contributed by atoms with Crippen molar-refractivity contribution in [1.82, 2.24) is 0 Å². The summed E-state index contributed by atoms with van der Waals surface area (Å²) in [6.07, 6.45) is 5.55. The summed E-state index contributed by atoms with van der Waals surface area (Å²) in [6, 6.07) is 8.27. The van der Waals surface area contributed by atoms with Crippen LogP contribution in [0.5, 0.6) is 5.75 Å². The Morgan fingerprint density at radius 1 is 1.29 bits per heavy atom. The van der Waals surface area contributed by atoms with Gasteiger partial charge in [0, 0.05) is 0 Å². The van der Waals surface area contributed by atoms with E-state index in [1.54, 1.807) is 0 Å². The number of aliphatic hydroxyl groups excluding tert-OH is 1. The van der Waals surface area contributed by atoms with E-state index in [0.29, 0.717) is 0 Å². The number of benzene rings is 1. The first-order chi connectivity index (χ1) is 8.24. The number of aryl methyl sites for hydroxylation is 1. The van der Waals surface area contributed by atoms with Gasteiger partial charge in [0.15, 0.2) is 0 Å². The lowest BCUT2D eigenvalue weighted by Crippen LogP contribution is -2.19. The van der Waals surface area contributed by atoms with Gasteiger partial charge in [-0.2, -0.15) is 0 Å². The maximum absolute atomic E-state index is 9.22. The molecule has 17 heavy (non-hydrogen) atoms. The fourth-order valence-corrected chi connectivity index (χ4v) is 2.00. The molecule has 1 aromatic carbocycles. The molecule has 94 valence electrons. The molecule has 0 amide bonds. The molecule has 0 heterocycles. The molecule has 2 heteroatoms. The monoisotopic (exact) mass is 234 g/mol. The molecule has 0 aliphatic heterocycles. The van der Waals surface area contributed by atoms with E-state index in [-0.39, 0.29) is 6.10 Å². The molecule has 1 unspecified atom stereocenters. The number of hydrogen-bond acceptors (Lipinski definition) is 2. The second-order valence-corrected chi connectivity index (χ2v) is 5.14. The molecule has 2 rings (SSSR count). The number of rotatable bonds is 6. The molecule has 0 aromatic heterocycles. The Balaban J connectivity index is 1.76. The molecule has 1 N–H and O–H groups in total. The van der Waals surface area contributed by atoms with Crippen LogP contribution in [0.3, 0.4) is 0 Å². The SMILES string of the molecule is CC(O)CCc1ccc(OCC2CCC2)cc1. The summed E-state index contributed by atoms with van der Waals surface area (Å²) >= 11 is 0. The fraction of sp³-hybridized carbons (Fsp3) is 0.600. The Morgan fingerprint density at radius 3 is 2.53 bits per heavy atom. The Hall–Kier alpha value is -1.02. The summed E-state index contributed by atoms with van der Waals surface area (Å²) < 4.78 is 5.74. The van der Waals surface area contributed by atoms with E-state index >= 15 is 0 Å². The first-order valence-corrected chi connectivity index (χ1v) is 6.64. The molecule has 0 spiro atoms. The van der Waals surface area contributed by atoms with Gasteiger partial charge in [0.05, 0.1) is 12.7 Å². The van der Waals surface area contributed by atoms with E-state index in [0.717, 1.165) is 31.1 Å². The zero-order valence-electron chi connectivity index (χ0n) is 10.6. The van der Waals surface area contributed by atoms with Crippen LogP contribution < -0.4 is 4.74 Å². The summed E-state index contributed by atoms with van der Waals surface area (Å²) in [7, 11) is 0. The Morgan fingerprint density at radius 2 is 2.00 bits per heavy atom. The van der Waals surface area contributed by atoms with Gasteiger partial charge in [-0.05, 0) is 56.2 Å². The van der Waals surface area contributed by atoms with Crippen molar-refractivity contribution in [3.63, 3.8) is 0 Å². The zero-order valence-corrected chi connectivity index (χ0v) is 10.6. The minimum Gasteiger partial charge on any atom is -0.493 e. The summed E-state index contributed by atoms with van der Waals surface area (Å²) in [5.74, 6) is 1.75. The summed E-state index contributed by atoms with van der Waals surface area (Å²) in [5.41, 5.74) is 1.27. The molecular weight excluding hydrogens is 212 g/mol. The lowest BCUT2D eigenvalue weighted by molar-refractivity contribution is 0.180. The van der Waals surface area contributed by atoms with Gasteiger partial charge in [-0.3, -0.25) is 0 Å². The van der Waals surface area contributed by atoms with Gasteiger partial charge in [0.25, 0.3) is 0 Å². The van der Waals surface area contributed by atoms with E-state index in [1.807, 2.05) is 19.1 Å². The molecule has 0 saturated heterocycles. The Bertz CT molecular complexity index is 325. The van der Waals surface area contributed by atoms with E-state index < -0.39 is 0 Å². The summed E-state index contributed by atoms with van der Waals surface area (Å²) in [6.45, 7) is 2.70. The van der Waals surface area contributed by atoms with Gasteiger partial charge in [0.1, 0.15) is 5.75 Å². The van der Waals surface area contributed by atoms with Gasteiger partial charge in [-0.1, -0.05) is 18.6 Å². The Labute approximate surface area is 104 Å². The van der Waals surface area contributed by atoms with Crippen molar-refractivity contribution in [2.45, 2.75) is 45.1 Å². The first-order valence-electron chi connectivity index (χ1n) is 6.64. The smallest absolute Gasteiger partial charge is 0.119 e. The number of ether oxygens (including phenoxy) is 1. The predicted molar refractivity (Wildman–Crippen MR) is 69.3 cm³/mol. The molecule has 2 nitrogen and oxygen atoms in total. The lowest BCUT2D eigenvalue weighted by Gasteiger charge is -2.25. The van der Waals surface area contributed by atoms with E-state index in [1.165, 1.54) is 24.8 Å². The van der Waals surface area contributed by atoms with Crippen LogP contribution in [-0.4, -0.2) is 17.8 Å². The standard InChI is InChI=1S/C15H22O2/c1-12(16)5-6-13-7-9-15(10-8-13)17-11-14-3-2-4-14/h7-10,12,14,16H,2-6,11H2,1H3. The molecular formula is C15H22O2. The molecule has 0 bridgehead atoms. The highest BCUT2D eigenvalue weighted by Gasteiger charge is 2.17. The van der Waals surface area contributed by atoms with Crippen molar-refractivity contribution in [2.75, 3.05) is 6.61 Å². The largest absolute Gasteiger partial charge is 0.493 e. The minimum atomic E-state index is -0.218. The highest BCUT2D eigenvalue weighted by Crippen LogP contribution is 2.27. The van der Waals surface area contributed by atoms with Crippen LogP contribution >= 0.6 is 0 Å². The van der Waals surface area contributed by atoms with Crippen LogP contribution in [0.2, 0.25) is 0 Å². The van der Waals surface area contributed by atoms with Crippen LogP contribution in [0.1, 0.15) is 38.2 Å². The van der Waals surface area contributed by atoms with Crippen LogP contribution in [-0.2, 0) is 6.42 Å². The highest BCUT2D eigenvalue weighted by molar-refractivity contribution is 5.27. The van der Waals surface area contributed by atoms with E-state index in [9.17, 15) is 5.11 Å². The van der Waals surface area contributed by atoms with Crippen molar-refractivity contribution in [3.05, 3.63) is 29.8 Å². The highest BCUT2D eigenvalue weighted by atomic mass is 16.5. The van der Waals surface area contributed by atoms with Crippen molar-refractivity contribution in [1.29, 1.82) is 0 Å². The zero-order chi connectivity index (χ0) is 12.1. The minimum absolute atomic E-state index is 0.218. The van der Waals surface area contributed by atoms with Gasteiger partial charge >= 0.3 is 0 Å². The van der Waals surface area contributed by atoms with Crippen molar-refractivity contribution < 1.29 is 9.84 Å². The summed E-state index contributed by atoms with van der Waals surface area (Å²) in [4.78, 5) is 0. The van der Waals surface area contributed by atoms with Crippen LogP contribution in [0, 0.1) is 5.92 Å². The van der Waals surface area contributed by atoms with E-state index in [2.05, 4.69) is 12.1 Å². The third-order valence-corrected chi connectivity index (χ3v) is 3.48. The Kier molecular flexibility index (Phi) is 4.43. The molecule has 1 aliphatic rings. The average molecular weight is 234 g/mol. The first kappa shape index (κ1) is 12.4. The van der Waals surface area contributed by atoms with Crippen molar-refractivity contribution >= 4 is 0 Å². The molecule has 0 radical (unpaired) electrons. The molecule has 1 fully saturated rings. The number of hydrogen-bond donors (Lipinski definition) is 1. The third kappa shape index (κ3) is 4.04. The predicted octanol–water partition coefficient (Wildman–Crippen LogP) is 3.18. The van der Waals surface area contributed by atoms with E-state index in [4.69, 9.17) is 4.74 Å². The van der Waals surface area contributed by atoms with Crippen LogP contribution in [0.15, 0.2) is 24.3 Å². The maximum Gasteiger partial charge on any atom is 0.119 e. The quantitative estimate of drug-likeness (QED) is 0.819. The fourth-order valence-electron chi connectivity index (χ4n) is 2.00.